The largest absolute Gasteiger partial charge is 0.418 e. The molecule has 2 atom stereocenters. The quantitative estimate of drug-likeness (QED) is 0.644. The maximum absolute atomic E-state index is 12.3. The Bertz CT molecular complexity index is 176. The summed E-state index contributed by atoms with van der Waals surface area (Å²) < 4.78 is 36.9. The first-order chi connectivity index (χ1) is 5.38. The number of halogens is 4. The second-order valence-corrected chi connectivity index (χ2v) is 3.29. The molecule has 1 aliphatic heterocycles. The molecule has 1 aliphatic rings. The molecule has 1 heterocycles. The van der Waals surface area contributed by atoms with Gasteiger partial charge in [-0.2, -0.15) is 13.2 Å². The highest BCUT2D eigenvalue weighted by atomic mass is 35.5. The van der Waals surface area contributed by atoms with Gasteiger partial charge < -0.3 is 10.4 Å². The number of β-amino-alcohol motifs (C(OH)–C–C–N with tert-alkyl or cyclic N) is 1. The molecule has 1 unspecified atom stereocenters. The van der Waals surface area contributed by atoms with Crippen LogP contribution in [0.15, 0.2) is 0 Å². The molecule has 2 N–H and O–H groups in total. The van der Waals surface area contributed by atoms with E-state index in [0.29, 0.717) is 13.0 Å². The molecule has 1 saturated heterocycles. The Hall–Kier alpha value is -0.0000000000000000555. The lowest BCUT2D eigenvalue weighted by Crippen LogP contribution is -2.60. The minimum atomic E-state index is -4.53. The van der Waals surface area contributed by atoms with Crippen LogP contribution >= 0.6 is 12.4 Å². The molecule has 0 aliphatic carbocycles. The standard InChI is InChI=1S/C7H12F3NO.ClH/c1-5-2-3-11-4-6(5,12)7(8,9)10;/h5,11-12H,2-4H2,1H3;1H/t5?,6-;/m0./s1. The van der Waals surface area contributed by atoms with Crippen LogP contribution in [0, 0.1) is 5.92 Å². The highest BCUT2D eigenvalue weighted by molar-refractivity contribution is 5.85. The molecule has 1 fully saturated rings. The summed E-state index contributed by atoms with van der Waals surface area (Å²) in [5.74, 6) is -0.723. The summed E-state index contributed by atoms with van der Waals surface area (Å²) in [6.07, 6.45) is -4.17. The Labute approximate surface area is 80.9 Å². The number of aliphatic hydroxyl groups is 1. The monoisotopic (exact) mass is 219 g/mol. The van der Waals surface area contributed by atoms with Crippen molar-refractivity contribution in [2.24, 2.45) is 5.92 Å². The average molecular weight is 220 g/mol. The summed E-state index contributed by atoms with van der Waals surface area (Å²) in [7, 11) is 0. The molecule has 0 saturated carbocycles. The molecule has 0 aromatic carbocycles. The van der Waals surface area contributed by atoms with Crippen LogP contribution in [0.1, 0.15) is 13.3 Å². The molecule has 0 spiro atoms. The Morgan fingerprint density at radius 2 is 2.00 bits per heavy atom. The normalized spacial score (nSPS) is 35.3. The minimum absolute atomic E-state index is 0. The van der Waals surface area contributed by atoms with E-state index in [0.717, 1.165) is 0 Å². The Morgan fingerprint density at radius 3 is 2.31 bits per heavy atom. The molecule has 13 heavy (non-hydrogen) atoms. The van der Waals surface area contributed by atoms with Crippen molar-refractivity contribution in [3.63, 3.8) is 0 Å². The zero-order valence-electron chi connectivity index (χ0n) is 7.19. The number of nitrogens with one attached hydrogen (secondary N) is 1. The Kier molecular flexibility index (Phi) is 4.02. The third-order valence-corrected chi connectivity index (χ3v) is 2.45. The van der Waals surface area contributed by atoms with Gasteiger partial charge in [0.1, 0.15) is 0 Å². The zero-order chi connectivity index (χ0) is 9.41. The lowest BCUT2D eigenvalue weighted by atomic mass is 9.83. The molecular weight excluding hydrogens is 207 g/mol. The van der Waals surface area contributed by atoms with Crippen LogP contribution < -0.4 is 5.32 Å². The van der Waals surface area contributed by atoms with Gasteiger partial charge in [0, 0.05) is 6.54 Å². The lowest BCUT2D eigenvalue weighted by molar-refractivity contribution is -0.280. The lowest BCUT2D eigenvalue weighted by Gasteiger charge is -2.39. The summed E-state index contributed by atoms with van der Waals surface area (Å²) in [6, 6.07) is 0. The van der Waals surface area contributed by atoms with Gasteiger partial charge in [-0.1, -0.05) is 6.92 Å². The third-order valence-electron chi connectivity index (χ3n) is 2.45. The maximum atomic E-state index is 12.3. The van der Waals surface area contributed by atoms with Gasteiger partial charge in [-0.25, -0.2) is 0 Å². The van der Waals surface area contributed by atoms with Crippen LogP contribution in [0.4, 0.5) is 13.2 Å². The minimum Gasteiger partial charge on any atom is -0.379 e. The van der Waals surface area contributed by atoms with Crippen molar-refractivity contribution in [1.29, 1.82) is 0 Å². The predicted octanol–water partition coefficient (Wildman–Crippen LogP) is 1.33. The average Bonchev–Trinajstić information content (AvgIpc) is 1.93. The third kappa shape index (κ3) is 2.27. The first-order valence-electron chi connectivity index (χ1n) is 3.88. The molecular formula is C7H13ClF3NO. The predicted molar refractivity (Wildman–Crippen MR) is 44.9 cm³/mol. The van der Waals surface area contributed by atoms with Crippen LogP contribution in [-0.2, 0) is 0 Å². The molecule has 0 bridgehead atoms. The molecule has 80 valence electrons. The van der Waals surface area contributed by atoms with Gasteiger partial charge in [-0.05, 0) is 18.9 Å². The summed E-state index contributed by atoms with van der Waals surface area (Å²) in [4.78, 5) is 0. The fourth-order valence-corrected chi connectivity index (χ4v) is 1.39. The van der Waals surface area contributed by atoms with Crippen LogP contribution in [0.5, 0.6) is 0 Å². The van der Waals surface area contributed by atoms with E-state index >= 15 is 0 Å². The van der Waals surface area contributed by atoms with Crippen molar-refractivity contribution < 1.29 is 18.3 Å². The molecule has 6 heteroatoms. The summed E-state index contributed by atoms with van der Waals surface area (Å²) in [5.41, 5.74) is -2.54. The maximum Gasteiger partial charge on any atom is 0.418 e. The van der Waals surface area contributed by atoms with Crippen LogP contribution in [0.2, 0.25) is 0 Å². The zero-order valence-corrected chi connectivity index (χ0v) is 8.00. The van der Waals surface area contributed by atoms with Gasteiger partial charge in [-0.3, -0.25) is 0 Å². The fraction of sp³-hybridized carbons (Fsp3) is 1.00. The molecule has 0 amide bonds. The van der Waals surface area contributed by atoms with Gasteiger partial charge in [0.15, 0.2) is 5.60 Å². The van der Waals surface area contributed by atoms with Gasteiger partial charge in [0.2, 0.25) is 0 Å². The van der Waals surface area contributed by atoms with Gasteiger partial charge >= 0.3 is 6.18 Å². The van der Waals surface area contributed by atoms with Crippen molar-refractivity contribution in [3.8, 4) is 0 Å². The van der Waals surface area contributed by atoms with Gasteiger partial charge in [-0.15, -0.1) is 12.4 Å². The van der Waals surface area contributed by atoms with E-state index in [1.807, 2.05) is 0 Å². The second-order valence-electron chi connectivity index (χ2n) is 3.29. The summed E-state index contributed by atoms with van der Waals surface area (Å²) in [6.45, 7) is 1.57. The Morgan fingerprint density at radius 1 is 1.46 bits per heavy atom. The van der Waals surface area contributed by atoms with E-state index < -0.39 is 24.2 Å². The fourth-order valence-electron chi connectivity index (χ4n) is 1.39. The number of rotatable bonds is 0. The van der Waals surface area contributed by atoms with Gasteiger partial charge in [0.25, 0.3) is 0 Å². The highest BCUT2D eigenvalue weighted by Crippen LogP contribution is 2.38. The highest BCUT2D eigenvalue weighted by Gasteiger charge is 2.57. The van der Waals surface area contributed by atoms with E-state index in [2.05, 4.69) is 5.32 Å². The van der Waals surface area contributed by atoms with Crippen molar-refractivity contribution in [2.45, 2.75) is 25.1 Å². The first-order valence-corrected chi connectivity index (χ1v) is 3.88. The SMILES string of the molecule is CC1CCNC[C@@]1(O)C(F)(F)F.Cl. The smallest absolute Gasteiger partial charge is 0.379 e. The molecule has 0 aromatic heterocycles. The van der Waals surface area contributed by atoms with E-state index in [9.17, 15) is 18.3 Å². The van der Waals surface area contributed by atoms with Crippen molar-refractivity contribution in [3.05, 3.63) is 0 Å². The molecule has 2 nitrogen and oxygen atoms in total. The van der Waals surface area contributed by atoms with Crippen molar-refractivity contribution in [2.75, 3.05) is 13.1 Å². The van der Waals surface area contributed by atoms with E-state index in [1.54, 1.807) is 0 Å². The summed E-state index contributed by atoms with van der Waals surface area (Å²) in [5, 5.41) is 11.8. The van der Waals surface area contributed by atoms with Gasteiger partial charge in [0.05, 0.1) is 0 Å². The molecule has 0 radical (unpaired) electrons. The summed E-state index contributed by atoms with van der Waals surface area (Å²) >= 11 is 0. The van der Waals surface area contributed by atoms with Crippen LogP contribution in [0.25, 0.3) is 0 Å². The van der Waals surface area contributed by atoms with Crippen molar-refractivity contribution >= 4 is 12.4 Å². The van der Waals surface area contributed by atoms with Crippen LogP contribution in [-0.4, -0.2) is 30.0 Å². The molecule has 1 rings (SSSR count). The number of piperidine rings is 1. The first kappa shape index (κ1) is 13.0. The Balaban J connectivity index is 0.00000144. The van der Waals surface area contributed by atoms with E-state index in [1.165, 1.54) is 6.92 Å². The number of alkyl halides is 3. The number of hydrogen-bond acceptors (Lipinski definition) is 2. The topological polar surface area (TPSA) is 32.3 Å². The number of hydrogen-bond donors (Lipinski definition) is 2. The second kappa shape index (κ2) is 4.02. The van der Waals surface area contributed by atoms with E-state index in [-0.39, 0.29) is 12.4 Å². The van der Waals surface area contributed by atoms with E-state index in [4.69, 9.17) is 0 Å². The van der Waals surface area contributed by atoms with Crippen LogP contribution in [0.3, 0.4) is 0 Å². The van der Waals surface area contributed by atoms with Crippen molar-refractivity contribution in [1.82, 2.24) is 5.32 Å². The molecule has 0 aromatic rings.